The van der Waals surface area contributed by atoms with Crippen molar-refractivity contribution in [1.29, 1.82) is 0 Å². The Kier molecular flexibility index (Phi) is 19.8. The molecular formula is C52H57N5O14. The molecule has 0 aromatic heterocycles. The van der Waals surface area contributed by atoms with Crippen molar-refractivity contribution >= 4 is 41.8 Å². The van der Waals surface area contributed by atoms with Crippen molar-refractivity contribution in [2.24, 2.45) is 0 Å². The Labute approximate surface area is 410 Å². The van der Waals surface area contributed by atoms with Gasteiger partial charge in [0.05, 0.1) is 12.0 Å². The number of nitrogens with one attached hydrogen (secondary N) is 4. The molecule has 19 nitrogen and oxygen atoms in total. The maximum atomic E-state index is 14.0. The first kappa shape index (κ1) is 53.5. The lowest BCUT2D eigenvalue weighted by molar-refractivity contribution is -0.385. The Morgan fingerprint density at radius 3 is 1.70 bits per heavy atom. The van der Waals surface area contributed by atoms with Crippen LogP contribution < -0.4 is 26.0 Å². The number of carbonyl (C=O) groups is 6. The van der Waals surface area contributed by atoms with E-state index in [1.165, 1.54) is 18.2 Å². The highest BCUT2D eigenvalue weighted by atomic mass is 16.6. The number of nitro benzene ring substituents is 1. The lowest BCUT2D eigenvalue weighted by Crippen LogP contribution is -2.53. The molecule has 71 heavy (non-hydrogen) atoms. The molecule has 0 heterocycles. The van der Waals surface area contributed by atoms with E-state index in [1.54, 1.807) is 93.6 Å². The first-order valence-corrected chi connectivity index (χ1v) is 22.6. The molecule has 19 heteroatoms. The van der Waals surface area contributed by atoms with Crippen LogP contribution in [0.3, 0.4) is 0 Å². The van der Waals surface area contributed by atoms with E-state index in [9.17, 15) is 44.0 Å². The van der Waals surface area contributed by atoms with Crippen LogP contribution in [-0.2, 0) is 66.0 Å². The molecule has 0 aliphatic carbocycles. The number of ether oxygens (including phenoxy) is 5. The summed E-state index contributed by atoms with van der Waals surface area (Å²) >= 11 is 0. The molecule has 0 saturated heterocycles. The second-order valence-corrected chi connectivity index (χ2v) is 17.1. The lowest BCUT2D eigenvalue weighted by atomic mass is 9.95. The van der Waals surface area contributed by atoms with Crippen molar-refractivity contribution in [2.75, 3.05) is 13.7 Å². The topological polar surface area (TPSA) is 260 Å². The molecule has 0 unspecified atom stereocenters. The number of benzene rings is 5. The maximum absolute atomic E-state index is 14.0. The van der Waals surface area contributed by atoms with Gasteiger partial charge in [-0.2, -0.15) is 0 Å². The van der Waals surface area contributed by atoms with E-state index < -0.39 is 76.9 Å². The molecule has 5 aromatic rings. The summed E-state index contributed by atoms with van der Waals surface area (Å²) in [5.74, 6) is -2.85. The van der Waals surface area contributed by atoms with E-state index in [4.69, 9.17) is 23.7 Å². The van der Waals surface area contributed by atoms with Crippen molar-refractivity contribution in [3.63, 3.8) is 0 Å². The van der Waals surface area contributed by atoms with Crippen LogP contribution in [0.4, 0.5) is 20.1 Å². The Hall–Kier alpha value is -8.48. The number of nitro groups is 1. The molecule has 0 radical (unpaired) electrons. The van der Waals surface area contributed by atoms with Gasteiger partial charge in [0.1, 0.15) is 49.3 Å². The van der Waals surface area contributed by atoms with E-state index in [0.29, 0.717) is 28.0 Å². The maximum Gasteiger partial charge on any atom is 0.408 e. The smallest absolute Gasteiger partial charge is 0.408 e. The Morgan fingerprint density at radius 2 is 1.15 bits per heavy atom. The van der Waals surface area contributed by atoms with E-state index in [0.717, 1.165) is 18.2 Å². The van der Waals surface area contributed by atoms with Gasteiger partial charge in [-0.25, -0.2) is 24.0 Å². The Bertz CT molecular complexity index is 2610. The number of rotatable bonds is 23. The fraction of sp³-hybridized carbons (Fsp3) is 0.308. The summed E-state index contributed by atoms with van der Waals surface area (Å²) in [5, 5.41) is 32.8. The minimum absolute atomic E-state index is 0.00950. The number of nitrogens with zero attached hydrogens (tertiary/aromatic N) is 1. The summed E-state index contributed by atoms with van der Waals surface area (Å²) in [6.45, 7) is 5.00. The third kappa shape index (κ3) is 17.8. The van der Waals surface area contributed by atoms with Crippen molar-refractivity contribution in [3.8, 4) is 16.9 Å². The third-order valence-corrected chi connectivity index (χ3v) is 10.5. The molecule has 0 fully saturated rings. The molecule has 5 rings (SSSR count). The number of carboxylic acid groups (broad SMARTS) is 1. The van der Waals surface area contributed by atoms with Crippen molar-refractivity contribution in [3.05, 3.63) is 165 Å². The number of esters is 1. The Morgan fingerprint density at radius 1 is 0.634 bits per heavy atom. The third-order valence-electron chi connectivity index (χ3n) is 10.5. The van der Waals surface area contributed by atoms with Crippen LogP contribution in [0, 0.1) is 10.1 Å². The summed E-state index contributed by atoms with van der Waals surface area (Å²) in [6.07, 6.45) is -3.20. The van der Waals surface area contributed by atoms with E-state index >= 15 is 0 Å². The molecule has 0 aliphatic heterocycles. The minimum atomic E-state index is -1.51. The van der Waals surface area contributed by atoms with Gasteiger partial charge in [0.2, 0.25) is 5.91 Å². The predicted molar refractivity (Wildman–Crippen MR) is 259 cm³/mol. The average molecular weight is 976 g/mol. The number of carbonyl (C=O) groups excluding carboxylic acids is 5. The second-order valence-electron chi connectivity index (χ2n) is 17.1. The number of methoxy groups -OCH3 is 1. The minimum Gasteiger partial charge on any atom is -0.489 e. The van der Waals surface area contributed by atoms with Crippen molar-refractivity contribution < 1.29 is 62.5 Å². The molecule has 3 atom stereocenters. The van der Waals surface area contributed by atoms with Crippen LogP contribution in [0.2, 0.25) is 0 Å². The number of aliphatic carboxylic acids is 1. The SMILES string of the molecule is COC(=O)[C@H](Cc1cc(-c2ccc(OCc3ccccc3)c(C[C@H](NC(=O)OCc3ccccc3)C(=O)O)c2)ccc1[N+](=O)[O-])NC(=O)[C@H](CCCNC(=O)OCc1ccccc1)NC(=O)OC(C)(C)C. The molecule has 0 spiro atoms. The fourth-order valence-electron chi connectivity index (χ4n) is 7.05. The monoisotopic (exact) mass is 975 g/mol. The van der Waals surface area contributed by atoms with Gasteiger partial charge < -0.3 is 50.1 Å². The van der Waals surface area contributed by atoms with Gasteiger partial charge in [0.15, 0.2) is 0 Å². The van der Waals surface area contributed by atoms with Gasteiger partial charge in [-0.3, -0.25) is 14.9 Å². The van der Waals surface area contributed by atoms with E-state index in [2.05, 4.69) is 21.3 Å². The van der Waals surface area contributed by atoms with Gasteiger partial charge in [0, 0.05) is 31.0 Å². The number of alkyl carbamates (subject to hydrolysis) is 3. The molecule has 0 saturated carbocycles. The summed E-state index contributed by atoms with van der Waals surface area (Å²) in [5.41, 5.74) is 2.20. The van der Waals surface area contributed by atoms with Crippen LogP contribution in [0.15, 0.2) is 127 Å². The molecule has 4 amide bonds. The summed E-state index contributed by atoms with van der Waals surface area (Å²) in [6, 6.07) is 31.9. The Balaban J connectivity index is 1.38. The van der Waals surface area contributed by atoms with Crippen LogP contribution in [0.5, 0.6) is 5.75 Å². The van der Waals surface area contributed by atoms with Crippen LogP contribution in [0.25, 0.3) is 11.1 Å². The highest BCUT2D eigenvalue weighted by Gasteiger charge is 2.31. The van der Waals surface area contributed by atoms with E-state index in [1.807, 2.05) is 36.4 Å². The highest BCUT2D eigenvalue weighted by Crippen LogP contribution is 2.32. The summed E-state index contributed by atoms with van der Waals surface area (Å²) < 4.78 is 27.1. The van der Waals surface area contributed by atoms with Crippen LogP contribution >= 0.6 is 0 Å². The number of carboxylic acids is 1. The molecule has 0 aliphatic rings. The first-order chi connectivity index (χ1) is 34.0. The van der Waals surface area contributed by atoms with Gasteiger partial charge in [-0.15, -0.1) is 0 Å². The first-order valence-electron chi connectivity index (χ1n) is 22.6. The van der Waals surface area contributed by atoms with Gasteiger partial charge in [-0.1, -0.05) is 97.1 Å². The van der Waals surface area contributed by atoms with Crippen molar-refractivity contribution in [2.45, 2.75) is 90.0 Å². The van der Waals surface area contributed by atoms with Gasteiger partial charge >= 0.3 is 30.2 Å². The van der Waals surface area contributed by atoms with E-state index in [-0.39, 0.29) is 51.2 Å². The van der Waals surface area contributed by atoms with Crippen molar-refractivity contribution in [1.82, 2.24) is 21.3 Å². The lowest BCUT2D eigenvalue weighted by Gasteiger charge is -2.25. The standard InChI is InChI=1S/C52H57N5O14/c1-52(2,3)71-51(64)55-41(21-14-26-53-49(62)69-32-35-17-10-6-11-18-35)46(58)54-43(48(61)67-4)29-39-27-37(22-24-44(39)57(65)66)38-23-25-45(68-31-34-15-8-5-9-16-34)40(28-38)30-42(47(59)60)56-50(63)70-33-36-19-12-7-13-20-36/h5-13,15-20,22-25,27-28,41-43H,14,21,26,29-33H2,1-4H3,(H,53,62)(H,54,58)(H,55,64)(H,56,63)(H,59,60)/t41-,42-,43-/m0/s1. The fourth-order valence-corrected chi connectivity index (χ4v) is 7.05. The number of hydrogen-bond donors (Lipinski definition) is 5. The molecule has 374 valence electrons. The van der Waals surface area contributed by atoms with Crippen LogP contribution in [0.1, 0.15) is 61.4 Å². The quantitative estimate of drug-likeness (QED) is 0.0139. The zero-order chi connectivity index (χ0) is 51.3. The molecule has 0 bridgehead atoms. The predicted octanol–water partition coefficient (Wildman–Crippen LogP) is 7.56. The van der Waals surface area contributed by atoms with Gasteiger partial charge in [-0.05, 0) is 91.3 Å². The number of hydrogen-bond acceptors (Lipinski definition) is 13. The summed E-state index contributed by atoms with van der Waals surface area (Å²) in [7, 11) is 1.08. The normalized spacial score (nSPS) is 12.2. The molecule has 5 aromatic carbocycles. The van der Waals surface area contributed by atoms with Crippen LogP contribution in [-0.4, -0.2) is 83.5 Å². The van der Waals surface area contributed by atoms with Gasteiger partial charge in [0.25, 0.3) is 5.69 Å². The number of amides is 4. The zero-order valence-electron chi connectivity index (χ0n) is 39.7. The molecule has 5 N–H and O–H groups in total. The zero-order valence-corrected chi connectivity index (χ0v) is 39.7. The summed E-state index contributed by atoms with van der Waals surface area (Å²) in [4.78, 5) is 89.8. The largest absolute Gasteiger partial charge is 0.489 e. The highest BCUT2D eigenvalue weighted by molar-refractivity contribution is 5.90. The molecular weight excluding hydrogens is 919 g/mol. The average Bonchev–Trinajstić information content (AvgIpc) is 3.35. The second kappa shape index (κ2) is 26.3.